The summed E-state index contributed by atoms with van der Waals surface area (Å²) >= 11 is 0. The maximum Gasteiger partial charge on any atom is 0.118 e. The highest BCUT2D eigenvalue weighted by Crippen LogP contribution is 2.42. The van der Waals surface area contributed by atoms with E-state index < -0.39 is 0 Å². The van der Waals surface area contributed by atoms with E-state index in [-0.39, 0.29) is 18.0 Å². The summed E-state index contributed by atoms with van der Waals surface area (Å²) in [6.07, 6.45) is 3.12. The molecule has 1 aliphatic heterocycles. The number of fused-ring (bicyclic) bond motifs is 1. The molecule has 0 saturated carbocycles. The number of hydrogen-bond acceptors (Lipinski definition) is 2. The zero-order valence-electron chi connectivity index (χ0n) is 13.0. The molecule has 0 bridgehead atoms. The van der Waals surface area contributed by atoms with Crippen molar-refractivity contribution >= 4 is 12.4 Å². The van der Waals surface area contributed by atoms with Crippen LogP contribution in [-0.4, -0.2) is 20.2 Å². The van der Waals surface area contributed by atoms with Crippen molar-refractivity contribution in [3.8, 4) is 0 Å². The summed E-state index contributed by atoms with van der Waals surface area (Å²) in [5.74, 6) is 0. The first-order valence-corrected chi connectivity index (χ1v) is 7.79. The molecule has 2 aromatic carbocycles. The third-order valence-corrected chi connectivity index (χ3v) is 4.37. The molecule has 118 valence electrons. The zero-order chi connectivity index (χ0) is 14.5. The Hall–Kier alpha value is -1.35. The van der Waals surface area contributed by atoms with Gasteiger partial charge in [0.25, 0.3) is 0 Å². The minimum Gasteiger partial charge on any atom is -0.365 e. The predicted octanol–water partition coefficient (Wildman–Crippen LogP) is 3.92. The van der Waals surface area contributed by atoms with Gasteiger partial charge in [0.2, 0.25) is 0 Å². The molecule has 0 amide bonds. The van der Waals surface area contributed by atoms with Crippen LogP contribution in [0.2, 0.25) is 0 Å². The van der Waals surface area contributed by atoms with Gasteiger partial charge in [-0.15, -0.1) is 12.4 Å². The zero-order valence-corrected chi connectivity index (χ0v) is 13.9. The molecule has 2 aromatic rings. The van der Waals surface area contributed by atoms with Gasteiger partial charge in [0.15, 0.2) is 0 Å². The molecule has 1 atom stereocenters. The molecule has 0 aromatic heterocycles. The van der Waals surface area contributed by atoms with E-state index in [0.29, 0.717) is 0 Å². The molecule has 1 aliphatic rings. The largest absolute Gasteiger partial charge is 0.365 e. The molecule has 1 unspecified atom stereocenters. The maximum atomic E-state index is 6.40. The summed E-state index contributed by atoms with van der Waals surface area (Å²) in [5.41, 5.74) is 3.76. The average molecular weight is 318 g/mol. The Morgan fingerprint density at radius 2 is 1.77 bits per heavy atom. The Labute approximate surface area is 139 Å². The summed E-state index contributed by atoms with van der Waals surface area (Å²) in [6.45, 7) is 1.81. The van der Waals surface area contributed by atoms with Crippen LogP contribution in [0.3, 0.4) is 0 Å². The topological polar surface area (TPSA) is 21.3 Å². The predicted molar refractivity (Wildman–Crippen MR) is 93.7 cm³/mol. The van der Waals surface area contributed by atoms with Crippen molar-refractivity contribution in [3.63, 3.8) is 0 Å². The van der Waals surface area contributed by atoms with Crippen molar-refractivity contribution in [2.24, 2.45) is 0 Å². The molecule has 0 aliphatic carbocycles. The van der Waals surface area contributed by atoms with E-state index >= 15 is 0 Å². The molecule has 0 saturated heterocycles. The molecule has 22 heavy (non-hydrogen) atoms. The van der Waals surface area contributed by atoms with E-state index in [0.717, 1.165) is 32.4 Å². The fraction of sp³-hybridized carbons (Fsp3) is 0.368. The van der Waals surface area contributed by atoms with Crippen molar-refractivity contribution in [2.75, 3.05) is 20.2 Å². The first-order valence-electron chi connectivity index (χ1n) is 7.79. The molecule has 0 spiro atoms. The molecule has 1 heterocycles. The second-order valence-corrected chi connectivity index (χ2v) is 5.66. The van der Waals surface area contributed by atoms with Gasteiger partial charge in [-0.1, -0.05) is 54.6 Å². The Kier molecular flexibility index (Phi) is 6.01. The van der Waals surface area contributed by atoms with Crippen LogP contribution in [0, 0.1) is 0 Å². The monoisotopic (exact) mass is 317 g/mol. The van der Waals surface area contributed by atoms with Crippen LogP contribution < -0.4 is 5.32 Å². The Morgan fingerprint density at radius 3 is 2.55 bits per heavy atom. The van der Waals surface area contributed by atoms with Gasteiger partial charge in [0, 0.05) is 0 Å². The highest BCUT2D eigenvalue weighted by Gasteiger charge is 2.38. The molecule has 0 fully saturated rings. The van der Waals surface area contributed by atoms with Gasteiger partial charge in [0.1, 0.15) is 5.60 Å². The van der Waals surface area contributed by atoms with Gasteiger partial charge in [-0.05, 0) is 49.5 Å². The van der Waals surface area contributed by atoms with E-state index in [2.05, 4.69) is 59.9 Å². The van der Waals surface area contributed by atoms with Crippen molar-refractivity contribution < 1.29 is 4.74 Å². The SMILES string of the molecule is CNCCCC1(c2ccccc2)OCCc2ccccc21.Cl. The number of hydrogen-bond donors (Lipinski definition) is 1. The van der Waals surface area contributed by atoms with Gasteiger partial charge in [-0.2, -0.15) is 0 Å². The molecule has 0 radical (unpaired) electrons. The minimum absolute atomic E-state index is 0. The van der Waals surface area contributed by atoms with E-state index in [1.807, 2.05) is 7.05 Å². The fourth-order valence-electron chi connectivity index (χ4n) is 3.36. The third kappa shape index (κ3) is 3.19. The first kappa shape index (κ1) is 17.0. The molecular formula is C19H24ClNO. The van der Waals surface area contributed by atoms with Gasteiger partial charge in [0.05, 0.1) is 6.61 Å². The summed E-state index contributed by atoms with van der Waals surface area (Å²) in [5, 5.41) is 3.24. The fourth-order valence-corrected chi connectivity index (χ4v) is 3.36. The number of rotatable bonds is 5. The third-order valence-electron chi connectivity index (χ3n) is 4.37. The van der Waals surface area contributed by atoms with Gasteiger partial charge < -0.3 is 10.1 Å². The summed E-state index contributed by atoms with van der Waals surface area (Å²) in [6, 6.07) is 19.4. The van der Waals surface area contributed by atoms with E-state index in [1.165, 1.54) is 16.7 Å². The van der Waals surface area contributed by atoms with Crippen LogP contribution in [-0.2, 0) is 16.8 Å². The normalized spacial score (nSPS) is 20.0. The number of benzene rings is 2. The lowest BCUT2D eigenvalue weighted by atomic mass is 9.78. The quantitative estimate of drug-likeness (QED) is 0.844. The Balaban J connectivity index is 0.00000176. The van der Waals surface area contributed by atoms with E-state index in [9.17, 15) is 0 Å². The lowest BCUT2D eigenvalue weighted by Crippen LogP contribution is -2.37. The smallest absolute Gasteiger partial charge is 0.118 e. The summed E-state index contributed by atoms with van der Waals surface area (Å²) in [4.78, 5) is 0. The minimum atomic E-state index is -0.285. The molecule has 2 nitrogen and oxygen atoms in total. The second kappa shape index (κ2) is 7.77. The number of halogens is 1. The van der Waals surface area contributed by atoms with Crippen LogP contribution in [0.5, 0.6) is 0 Å². The van der Waals surface area contributed by atoms with Gasteiger partial charge in [-0.25, -0.2) is 0 Å². The number of nitrogens with one attached hydrogen (secondary N) is 1. The average Bonchev–Trinajstić information content (AvgIpc) is 2.56. The lowest BCUT2D eigenvalue weighted by molar-refractivity contribution is -0.0357. The number of ether oxygens (including phenoxy) is 1. The first-order chi connectivity index (χ1) is 10.4. The van der Waals surface area contributed by atoms with E-state index in [4.69, 9.17) is 4.74 Å². The van der Waals surface area contributed by atoms with Crippen LogP contribution in [0.4, 0.5) is 0 Å². The van der Waals surface area contributed by atoms with Crippen LogP contribution in [0.25, 0.3) is 0 Å². The van der Waals surface area contributed by atoms with Crippen molar-refractivity contribution in [1.29, 1.82) is 0 Å². The van der Waals surface area contributed by atoms with E-state index in [1.54, 1.807) is 0 Å². The maximum absolute atomic E-state index is 6.40. The lowest BCUT2D eigenvalue weighted by Gasteiger charge is -2.40. The van der Waals surface area contributed by atoms with Crippen molar-refractivity contribution in [3.05, 3.63) is 71.3 Å². The second-order valence-electron chi connectivity index (χ2n) is 5.66. The highest BCUT2D eigenvalue weighted by atomic mass is 35.5. The molecule has 3 rings (SSSR count). The summed E-state index contributed by atoms with van der Waals surface area (Å²) in [7, 11) is 2.00. The Morgan fingerprint density at radius 1 is 1.05 bits per heavy atom. The van der Waals surface area contributed by atoms with Crippen molar-refractivity contribution in [1.82, 2.24) is 5.32 Å². The van der Waals surface area contributed by atoms with Crippen LogP contribution in [0.1, 0.15) is 29.5 Å². The standard InChI is InChI=1S/C19H23NO.ClH/c1-20-14-7-13-19(17-9-3-2-4-10-17)18-11-6-5-8-16(18)12-15-21-19;/h2-6,8-11,20H,7,12-15H2,1H3;1H. The van der Waals surface area contributed by atoms with Crippen LogP contribution >= 0.6 is 12.4 Å². The molecular weight excluding hydrogens is 294 g/mol. The highest BCUT2D eigenvalue weighted by molar-refractivity contribution is 5.85. The molecule has 1 N–H and O–H groups in total. The Bertz CT molecular complexity index is 587. The van der Waals surface area contributed by atoms with Crippen LogP contribution in [0.15, 0.2) is 54.6 Å². The van der Waals surface area contributed by atoms with Crippen molar-refractivity contribution in [2.45, 2.75) is 24.9 Å². The summed E-state index contributed by atoms with van der Waals surface area (Å²) < 4.78 is 6.40. The van der Waals surface area contributed by atoms with Gasteiger partial charge in [-0.3, -0.25) is 0 Å². The van der Waals surface area contributed by atoms with Gasteiger partial charge >= 0.3 is 0 Å². The molecule has 3 heteroatoms.